The lowest BCUT2D eigenvalue weighted by Crippen LogP contribution is -2.19. The van der Waals surface area contributed by atoms with E-state index < -0.39 is 18.1 Å². The number of alkyl halides is 4. The van der Waals surface area contributed by atoms with Crippen molar-refractivity contribution in [3.05, 3.63) is 17.3 Å². The number of esters is 1. The van der Waals surface area contributed by atoms with Gasteiger partial charge in [0.2, 0.25) is 5.88 Å². The summed E-state index contributed by atoms with van der Waals surface area (Å²) in [6, 6.07) is 0.977. The summed E-state index contributed by atoms with van der Waals surface area (Å²) >= 11 is 5.57. The van der Waals surface area contributed by atoms with Crippen LogP contribution >= 0.6 is 11.6 Å². The van der Waals surface area contributed by atoms with Gasteiger partial charge in [-0.15, -0.1) is 24.8 Å². The van der Waals surface area contributed by atoms with Crippen LogP contribution in [0.2, 0.25) is 0 Å². The highest BCUT2D eigenvalue weighted by molar-refractivity contribution is 6.17. The van der Waals surface area contributed by atoms with Crippen molar-refractivity contribution in [2.24, 2.45) is 0 Å². The van der Waals surface area contributed by atoms with E-state index >= 15 is 0 Å². The van der Waals surface area contributed by atoms with E-state index in [1.807, 2.05) is 0 Å². The van der Waals surface area contributed by atoms with Gasteiger partial charge in [-0.3, -0.25) is 4.79 Å². The summed E-state index contributed by atoms with van der Waals surface area (Å²) in [5.74, 6) is -1.64. The number of ether oxygens (including phenoxy) is 3. The number of carbonyl (C=O) groups is 1. The molecule has 0 amide bonds. The Balaban J connectivity index is 3.23. The molecule has 0 atom stereocenters. The minimum Gasteiger partial charge on any atom is -0.481 e. The summed E-state index contributed by atoms with van der Waals surface area (Å²) in [7, 11) is 2.37. The van der Waals surface area contributed by atoms with Gasteiger partial charge in [-0.1, -0.05) is 0 Å². The number of pyridine rings is 1. The average Bonchev–Trinajstić information content (AvgIpc) is 2.36. The Morgan fingerprint density at radius 2 is 2.05 bits per heavy atom. The van der Waals surface area contributed by atoms with Gasteiger partial charge in [0, 0.05) is 6.07 Å². The van der Waals surface area contributed by atoms with E-state index in [2.05, 4.69) is 14.5 Å². The number of methoxy groups -OCH3 is 2. The number of hydrogen-bond donors (Lipinski definition) is 0. The predicted molar refractivity (Wildman–Crippen MR) is 62.7 cm³/mol. The summed E-state index contributed by atoms with van der Waals surface area (Å²) in [5.41, 5.74) is -0.0399. The molecule has 5 nitrogen and oxygen atoms in total. The molecule has 0 unspecified atom stereocenters. The van der Waals surface area contributed by atoms with E-state index in [0.29, 0.717) is 0 Å². The highest BCUT2D eigenvalue weighted by Crippen LogP contribution is 2.33. The van der Waals surface area contributed by atoms with Gasteiger partial charge in [0.15, 0.2) is 0 Å². The fourth-order valence-electron chi connectivity index (χ4n) is 1.39. The lowest BCUT2D eigenvalue weighted by atomic mass is 10.2. The zero-order chi connectivity index (χ0) is 15.3. The molecule has 0 aromatic carbocycles. The predicted octanol–water partition coefficient (Wildman–Crippen LogP) is 2.44. The molecule has 1 aromatic heterocycles. The zero-order valence-electron chi connectivity index (χ0n) is 10.6. The van der Waals surface area contributed by atoms with Crippen LogP contribution < -0.4 is 9.47 Å². The topological polar surface area (TPSA) is 57.7 Å². The van der Waals surface area contributed by atoms with Gasteiger partial charge >= 0.3 is 12.3 Å². The van der Waals surface area contributed by atoms with Crippen LogP contribution in [0.15, 0.2) is 6.07 Å². The first-order valence-electron chi connectivity index (χ1n) is 5.26. The molecule has 0 aliphatic carbocycles. The van der Waals surface area contributed by atoms with Crippen molar-refractivity contribution in [3.8, 4) is 11.6 Å². The Morgan fingerprint density at radius 3 is 2.50 bits per heavy atom. The van der Waals surface area contributed by atoms with Crippen molar-refractivity contribution in [3.63, 3.8) is 0 Å². The summed E-state index contributed by atoms with van der Waals surface area (Å²) < 4.78 is 50.1. The molecule has 112 valence electrons. The van der Waals surface area contributed by atoms with Gasteiger partial charge in [0.1, 0.15) is 5.75 Å². The fourth-order valence-corrected chi connectivity index (χ4v) is 1.64. The first-order valence-corrected chi connectivity index (χ1v) is 5.79. The third-order valence-corrected chi connectivity index (χ3v) is 2.47. The van der Waals surface area contributed by atoms with Crippen LogP contribution in [0.4, 0.5) is 13.2 Å². The lowest BCUT2D eigenvalue weighted by molar-refractivity contribution is -0.274. The van der Waals surface area contributed by atoms with Crippen molar-refractivity contribution in [1.82, 2.24) is 4.98 Å². The number of nitrogens with zero attached hydrogens (tertiary/aromatic N) is 1. The van der Waals surface area contributed by atoms with Crippen LogP contribution in [0.3, 0.4) is 0 Å². The van der Waals surface area contributed by atoms with Crippen LogP contribution in [0.25, 0.3) is 0 Å². The van der Waals surface area contributed by atoms with E-state index in [9.17, 15) is 18.0 Å². The maximum absolute atomic E-state index is 12.3. The van der Waals surface area contributed by atoms with Gasteiger partial charge in [-0.2, -0.15) is 0 Å². The van der Waals surface area contributed by atoms with Gasteiger partial charge in [0.25, 0.3) is 0 Å². The first-order chi connectivity index (χ1) is 9.30. The van der Waals surface area contributed by atoms with Gasteiger partial charge in [0.05, 0.1) is 37.8 Å². The second kappa shape index (κ2) is 6.65. The summed E-state index contributed by atoms with van der Waals surface area (Å²) in [4.78, 5) is 15.0. The second-order valence-electron chi connectivity index (χ2n) is 3.53. The minimum absolute atomic E-state index is 0.0156. The molecule has 1 heterocycles. The number of rotatable bonds is 5. The number of aromatic nitrogens is 1. The molecule has 1 rings (SSSR count). The third-order valence-electron chi connectivity index (χ3n) is 2.20. The summed E-state index contributed by atoms with van der Waals surface area (Å²) in [5, 5.41) is 0. The molecule has 0 radical (unpaired) electrons. The minimum atomic E-state index is -4.89. The summed E-state index contributed by atoms with van der Waals surface area (Å²) in [6.45, 7) is 0. The smallest absolute Gasteiger partial charge is 0.481 e. The van der Waals surface area contributed by atoms with Crippen molar-refractivity contribution in [2.75, 3.05) is 14.2 Å². The van der Waals surface area contributed by atoms with Crippen LogP contribution in [0, 0.1) is 0 Å². The molecular weight excluding hydrogens is 303 g/mol. The lowest BCUT2D eigenvalue weighted by Gasteiger charge is -2.15. The van der Waals surface area contributed by atoms with Crippen molar-refractivity contribution in [2.45, 2.75) is 18.7 Å². The number of carbonyl (C=O) groups excluding carboxylic acids is 1. The Bertz CT molecular complexity index is 493. The highest BCUT2D eigenvalue weighted by atomic mass is 35.5. The number of hydrogen-bond acceptors (Lipinski definition) is 5. The molecule has 0 saturated carbocycles. The summed E-state index contributed by atoms with van der Waals surface area (Å²) in [6.07, 6.45) is -5.21. The molecule has 0 spiro atoms. The Morgan fingerprint density at radius 1 is 1.40 bits per heavy atom. The van der Waals surface area contributed by atoms with Crippen molar-refractivity contribution >= 4 is 17.6 Å². The molecule has 0 saturated heterocycles. The molecule has 0 bridgehead atoms. The number of halogens is 4. The van der Waals surface area contributed by atoms with Gasteiger partial charge in [-0.05, 0) is 0 Å². The quantitative estimate of drug-likeness (QED) is 0.617. The van der Waals surface area contributed by atoms with Gasteiger partial charge in [-0.25, -0.2) is 4.98 Å². The second-order valence-corrected chi connectivity index (χ2v) is 3.80. The van der Waals surface area contributed by atoms with E-state index in [-0.39, 0.29) is 29.4 Å². The third kappa shape index (κ3) is 4.44. The molecule has 0 N–H and O–H groups in total. The maximum atomic E-state index is 12.3. The monoisotopic (exact) mass is 313 g/mol. The average molecular weight is 314 g/mol. The van der Waals surface area contributed by atoms with E-state index in [4.69, 9.17) is 16.3 Å². The molecule has 0 aliphatic rings. The van der Waals surface area contributed by atoms with E-state index in [1.165, 1.54) is 7.11 Å². The molecule has 0 aliphatic heterocycles. The standard InChI is InChI=1S/C11H11ClF3NO4/c1-18-9(17)4-6-3-8(20-11(13,14)15)7(5-12)10(16-6)19-2/h3H,4-5H2,1-2H3. The van der Waals surface area contributed by atoms with Crippen LogP contribution in [0.1, 0.15) is 11.3 Å². The van der Waals surface area contributed by atoms with Crippen LogP contribution in [0.5, 0.6) is 11.6 Å². The zero-order valence-corrected chi connectivity index (χ0v) is 11.3. The molecule has 20 heavy (non-hydrogen) atoms. The molecule has 1 aromatic rings. The van der Waals surface area contributed by atoms with Crippen LogP contribution in [-0.4, -0.2) is 31.5 Å². The van der Waals surface area contributed by atoms with Gasteiger partial charge < -0.3 is 14.2 Å². The van der Waals surface area contributed by atoms with Crippen molar-refractivity contribution in [1.29, 1.82) is 0 Å². The fraction of sp³-hybridized carbons (Fsp3) is 0.455. The largest absolute Gasteiger partial charge is 0.573 e. The van der Waals surface area contributed by atoms with Crippen LogP contribution in [-0.2, 0) is 21.8 Å². The molecule has 0 fully saturated rings. The molecule has 9 heteroatoms. The Hall–Kier alpha value is -1.70. The SMILES string of the molecule is COC(=O)Cc1cc(OC(F)(F)F)c(CCl)c(OC)n1. The van der Waals surface area contributed by atoms with E-state index in [0.717, 1.165) is 13.2 Å². The first kappa shape index (κ1) is 16.4. The Labute approximate surface area is 117 Å². The van der Waals surface area contributed by atoms with Crippen molar-refractivity contribution < 1.29 is 32.2 Å². The maximum Gasteiger partial charge on any atom is 0.573 e. The van der Waals surface area contributed by atoms with E-state index in [1.54, 1.807) is 0 Å². The molecular formula is C11H11ClF3NO4. The highest BCUT2D eigenvalue weighted by Gasteiger charge is 2.33. The Kier molecular flexibility index (Phi) is 5.43. The normalized spacial score (nSPS) is 11.1.